The van der Waals surface area contributed by atoms with Gasteiger partial charge >= 0.3 is 0 Å². The Morgan fingerprint density at radius 3 is 2.67 bits per heavy atom. The summed E-state index contributed by atoms with van der Waals surface area (Å²) in [5.41, 5.74) is 2.71. The predicted molar refractivity (Wildman–Crippen MR) is 112 cm³/mol. The number of halogens is 3. The molecule has 5 nitrogen and oxygen atoms in total. The molecule has 1 aliphatic rings. The van der Waals surface area contributed by atoms with E-state index in [0.29, 0.717) is 29.3 Å². The number of aryl methyl sites for hydroxylation is 1. The van der Waals surface area contributed by atoms with E-state index < -0.39 is 11.6 Å². The topological polar surface area (TPSA) is 49.6 Å². The molecule has 158 valence electrons. The smallest absolute Gasteiger partial charge is 0.270 e. The fourth-order valence-electron chi connectivity index (χ4n) is 3.94. The molecule has 0 saturated carbocycles. The number of benzene rings is 1. The van der Waals surface area contributed by atoms with Crippen LogP contribution in [0.3, 0.4) is 0 Å². The van der Waals surface area contributed by atoms with E-state index in [2.05, 4.69) is 15.2 Å². The zero-order valence-electron chi connectivity index (χ0n) is 16.7. The summed E-state index contributed by atoms with van der Waals surface area (Å²) in [7, 11) is 0. The number of aromatic nitrogens is 2. The zero-order chi connectivity index (χ0) is 21.3. The fraction of sp³-hybridized carbons (Fsp3) is 0.364. The molecule has 0 bridgehead atoms. The molecule has 0 atom stereocenters. The van der Waals surface area contributed by atoms with E-state index in [-0.39, 0.29) is 11.9 Å². The molecule has 4 rings (SSSR count). The quantitative estimate of drug-likeness (QED) is 0.656. The third kappa shape index (κ3) is 4.32. The largest absolute Gasteiger partial charge is 0.348 e. The van der Waals surface area contributed by atoms with E-state index in [1.54, 1.807) is 28.8 Å². The number of carbonyl (C=O) groups excluding carboxylic acids is 1. The van der Waals surface area contributed by atoms with E-state index in [1.807, 2.05) is 6.92 Å². The molecule has 1 aliphatic heterocycles. The van der Waals surface area contributed by atoms with Crippen LogP contribution in [0.1, 0.15) is 41.5 Å². The van der Waals surface area contributed by atoms with Gasteiger partial charge in [0.05, 0.1) is 10.7 Å². The van der Waals surface area contributed by atoms with Crippen LogP contribution in [0.15, 0.2) is 36.5 Å². The molecule has 1 saturated heterocycles. The van der Waals surface area contributed by atoms with Crippen LogP contribution in [-0.2, 0) is 13.0 Å². The highest BCUT2D eigenvalue weighted by atomic mass is 35.5. The molecule has 1 aromatic carbocycles. The van der Waals surface area contributed by atoms with Crippen molar-refractivity contribution in [2.75, 3.05) is 13.1 Å². The summed E-state index contributed by atoms with van der Waals surface area (Å²) < 4.78 is 28.3. The minimum absolute atomic E-state index is 0.0492. The zero-order valence-corrected chi connectivity index (χ0v) is 17.4. The van der Waals surface area contributed by atoms with Gasteiger partial charge < -0.3 is 5.32 Å². The van der Waals surface area contributed by atoms with Crippen molar-refractivity contribution in [2.45, 2.75) is 38.8 Å². The van der Waals surface area contributed by atoms with Crippen molar-refractivity contribution in [3.8, 4) is 0 Å². The molecular weight excluding hydrogens is 410 g/mol. The van der Waals surface area contributed by atoms with Crippen LogP contribution in [0.2, 0.25) is 5.02 Å². The minimum Gasteiger partial charge on any atom is -0.348 e. The number of imidazole rings is 1. The minimum atomic E-state index is -0.833. The molecular formula is C22H23ClF2N4O. The maximum atomic E-state index is 13.4. The lowest BCUT2D eigenvalue weighted by molar-refractivity contribution is 0.0902. The van der Waals surface area contributed by atoms with E-state index >= 15 is 0 Å². The molecule has 0 radical (unpaired) electrons. The number of nitrogens with one attached hydrogen (secondary N) is 1. The molecule has 0 unspecified atom stereocenters. The summed E-state index contributed by atoms with van der Waals surface area (Å²) in [6, 6.07) is 7.61. The second-order valence-electron chi connectivity index (χ2n) is 7.61. The van der Waals surface area contributed by atoms with E-state index in [0.717, 1.165) is 43.3 Å². The maximum absolute atomic E-state index is 13.4. The molecule has 3 heterocycles. The molecule has 30 heavy (non-hydrogen) atoms. The Bertz CT molecular complexity index is 1080. The van der Waals surface area contributed by atoms with Gasteiger partial charge in [-0.25, -0.2) is 13.8 Å². The molecule has 0 aliphatic carbocycles. The Balaban J connectivity index is 1.39. The third-order valence-corrected chi connectivity index (χ3v) is 5.74. The van der Waals surface area contributed by atoms with Crippen molar-refractivity contribution in [3.05, 3.63) is 70.1 Å². The Labute approximate surface area is 178 Å². The molecule has 1 amide bonds. The molecule has 2 aromatic heterocycles. The lowest BCUT2D eigenvalue weighted by Crippen LogP contribution is -2.44. The average molecular weight is 433 g/mol. The van der Waals surface area contributed by atoms with Crippen LogP contribution >= 0.6 is 11.6 Å². The SMILES string of the molecule is CCc1nc2ccc(Cl)cn2c1C(=O)NC1CCN(Cc2ccc(F)c(F)c2)CC1. The molecule has 0 spiro atoms. The van der Waals surface area contributed by atoms with Gasteiger partial charge in [0.25, 0.3) is 5.91 Å². The number of hydrogen-bond acceptors (Lipinski definition) is 3. The summed E-state index contributed by atoms with van der Waals surface area (Å²) in [6.07, 6.45) is 3.93. The number of rotatable bonds is 5. The highest BCUT2D eigenvalue weighted by molar-refractivity contribution is 6.30. The normalized spacial score (nSPS) is 15.6. The first-order valence-corrected chi connectivity index (χ1v) is 10.5. The lowest BCUT2D eigenvalue weighted by atomic mass is 10.0. The number of piperidine rings is 1. The van der Waals surface area contributed by atoms with Crippen molar-refractivity contribution in [1.82, 2.24) is 19.6 Å². The number of fused-ring (bicyclic) bond motifs is 1. The van der Waals surface area contributed by atoms with Gasteiger partial charge in [-0.2, -0.15) is 0 Å². The van der Waals surface area contributed by atoms with Crippen LogP contribution < -0.4 is 5.32 Å². The van der Waals surface area contributed by atoms with E-state index in [1.165, 1.54) is 6.07 Å². The number of carbonyl (C=O) groups is 1. The van der Waals surface area contributed by atoms with Crippen LogP contribution in [0.5, 0.6) is 0 Å². The Morgan fingerprint density at radius 1 is 1.20 bits per heavy atom. The second kappa shape index (κ2) is 8.70. The van der Waals surface area contributed by atoms with Gasteiger partial charge in [0.15, 0.2) is 11.6 Å². The summed E-state index contributed by atoms with van der Waals surface area (Å²) in [4.78, 5) is 19.7. The molecule has 1 fully saturated rings. The van der Waals surface area contributed by atoms with Crippen LogP contribution in [0, 0.1) is 11.6 Å². The lowest BCUT2D eigenvalue weighted by Gasteiger charge is -2.32. The van der Waals surface area contributed by atoms with E-state index in [9.17, 15) is 13.6 Å². The fourth-order valence-corrected chi connectivity index (χ4v) is 4.10. The first-order valence-electron chi connectivity index (χ1n) is 10.1. The highest BCUT2D eigenvalue weighted by Gasteiger charge is 2.24. The number of hydrogen-bond donors (Lipinski definition) is 1. The van der Waals surface area contributed by atoms with Gasteiger partial charge in [-0.05, 0) is 49.1 Å². The standard InChI is InChI=1S/C22H23ClF2N4O/c1-2-19-21(29-13-15(23)4-6-20(29)27-19)22(30)26-16-7-9-28(10-8-16)12-14-3-5-17(24)18(25)11-14/h3-6,11,13,16H,2,7-10,12H2,1H3,(H,26,30). The molecule has 1 N–H and O–H groups in total. The van der Waals surface area contributed by atoms with Crippen LogP contribution in [-0.4, -0.2) is 39.3 Å². The van der Waals surface area contributed by atoms with Gasteiger partial charge in [0.1, 0.15) is 11.3 Å². The van der Waals surface area contributed by atoms with Crippen LogP contribution in [0.4, 0.5) is 8.78 Å². The number of pyridine rings is 1. The second-order valence-corrected chi connectivity index (χ2v) is 8.04. The summed E-state index contributed by atoms with van der Waals surface area (Å²) in [5, 5.41) is 3.67. The number of likely N-dealkylation sites (tertiary alicyclic amines) is 1. The predicted octanol–water partition coefficient (Wildman–Crippen LogP) is 4.22. The van der Waals surface area contributed by atoms with Gasteiger partial charge in [-0.3, -0.25) is 14.1 Å². The third-order valence-electron chi connectivity index (χ3n) is 5.52. The van der Waals surface area contributed by atoms with Gasteiger partial charge in [-0.1, -0.05) is 24.6 Å². The Hall–Kier alpha value is -2.51. The first-order chi connectivity index (χ1) is 14.4. The van der Waals surface area contributed by atoms with Gasteiger partial charge in [0.2, 0.25) is 0 Å². The van der Waals surface area contributed by atoms with Gasteiger partial charge in [0, 0.05) is 31.9 Å². The maximum Gasteiger partial charge on any atom is 0.270 e. The number of nitrogens with zero attached hydrogens (tertiary/aromatic N) is 3. The van der Waals surface area contributed by atoms with Crippen molar-refractivity contribution in [3.63, 3.8) is 0 Å². The first kappa shape index (κ1) is 20.8. The molecule has 3 aromatic rings. The van der Waals surface area contributed by atoms with Gasteiger partial charge in [-0.15, -0.1) is 0 Å². The van der Waals surface area contributed by atoms with E-state index in [4.69, 9.17) is 11.6 Å². The summed E-state index contributed by atoms with van der Waals surface area (Å²) in [5.74, 6) is -1.81. The van der Waals surface area contributed by atoms with Crippen molar-refractivity contribution >= 4 is 23.2 Å². The molecule has 8 heteroatoms. The average Bonchev–Trinajstić information content (AvgIpc) is 3.10. The van der Waals surface area contributed by atoms with Crippen molar-refractivity contribution < 1.29 is 13.6 Å². The highest BCUT2D eigenvalue weighted by Crippen LogP contribution is 2.19. The van der Waals surface area contributed by atoms with Crippen molar-refractivity contribution in [2.24, 2.45) is 0 Å². The Kier molecular flexibility index (Phi) is 6.01. The Morgan fingerprint density at radius 2 is 1.97 bits per heavy atom. The monoisotopic (exact) mass is 432 g/mol. The summed E-state index contributed by atoms with van der Waals surface area (Å²) >= 11 is 6.11. The van der Waals surface area contributed by atoms with Crippen LogP contribution in [0.25, 0.3) is 5.65 Å². The summed E-state index contributed by atoms with van der Waals surface area (Å²) in [6.45, 7) is 4.06. The number of amides is 1. The van der Waals surface area contributed by atoms with Crippen molar-refractivity contribution in [1.29, 1.82) is 0 Å².